The van der Waals surface area contributed by atoms with Gasteiger partial charge in [0.15, 0.2) is 0 Å². The van der Waals surface area contributed by atoms with E-state index in [-0.39, 0.29) is 17.5 Å². The van der Waals surface area contributed by atoms with Crippen LogP contribution in [0.3, 0.4) is 0 Å². The smallest absolute Gasteiger partial charge is 0.323 e. The van der Waals surface area contributed by atoms with Crippen molar-refractivity contribution in [3.8, 4) is 6.07 Å². The van der Waals surface area contributed by atoms with Crippen molar-refractivity contribution in [2.45, 2.75) is 32.7 Å². The SMILES string of the molecule is Cc1[nH]c(NC(=O)N2CC3(CCOCC3)C2c2ccccc2)c(C#N)c1C. The van der Waals surface area contributed by atoms with Gasteiger partial charge in [-0.05, 0) is 37.8 Å². The molecule has 2 saturated heterocycles. The van der Waals surface area contributed by atoms with Gasteiger partial charge in [0.1, 0.15) is 11.9 Å². The summed E-state index contributed by atoms with van der Waals surface area (Å²) in [6, 6.07) is 12.3. The highest BCUT2D eigenvalue weighted by Crippen LogP contribution is 2.54. The van der Waals surface area contributed by atoms with Crippen LogP contribution in [0, 0.1) is 30.6 Å². The molecule has 1 aromatic carbocycles. The van der Waals surface area contributed by atoms with Crippen LogP contribution < -0.4 is 5.32 Å². The van der Waals surface area contributed by atoms with Crippen molar-refractivity contribution >= 4 is 11.8 Å². The number of nitrogens with one attached hydrogen (secondary N) is 2. The maximum absolute atomic E-state index is 13.0. The molecule has 2 N–H and O–H groups in total. The van der Waals surface area contributed by atoms with Crippen LogP contribution in [0.4, 0.5) is 10.6 Å². The number of aromatic nitrogens is 1. The zero-order valence-corrected chi connectivity index (χ0v) is 15.7. The molecule has 6 nitrogen and oxygen atoms in total. The Morgan fingerprint density at radius 3 is 2.67 bits per heavy atom. The average Bonchev–Trinajstić information content (AvgIpc) is 2.94. The topological polar surface area (TPSA) is 81.2 Å². The Hall–Kier alpha value is -2.78. The third-order valence-electron chi connectivity index (χ3n) is 6.09. The molecule has 140 valence electrons. The van der Waals surface area contributed by atoms with E-state index in [9.17, 15) is 10.1 Å². The molecule has 1 atom stereocenters. The van der Waals surface area contributed by atoms with Crippen molar-refractivity contribution in [3.05, 3.63) is 52.7 Å². The van der Waals surface area contributed by atoms with E-state index in [1.807, 2.05) is 36.9 Å². The van der Waals surface area contributed by atoms with Gasteiger partial charge in [-0.15, -0.1) is 0 Å². The molecule has 2 aliphatic heterocycles. The summed E-state index contributed by atoms with van der Waals surface area (Å²) < 4.78 is 5.56. The highest BCUT2D eigenvalue weighted by molar-refractivity contribution is 5.91. The van der Waals surface area contributed by atoms with E-state index in [0.29, 0.717) is 17.9 Å². The lowest BCUT2D eigenvalue weighted by molar-refractivity contribution is -0.109. The Labute approximate surface area is 159 Å². The van der Waals surface area contributed by atoms with E-state index in [0.717, 1.165) is 42.9 Å². The minimum absolute atomic E-state index is 0.0327. The highest BCUT2D eigenvalue weighted by Gasteiger charge is 2.55. The third kappa shape index (κ3) is 2.88. The van der Waals surface area contributed by atoms with Crippen molar-refractivity contribution in [3.63, 3.8) is 0 Å². The number of hydrogen-bond donors (Lipinski definition) is 2. The predicted octanol–water partition coefficient (Wildman–Crippen LogP) is 3.89. The number of H-pyrrole nitrogens is 1. The number of nitriles is 1. The molecular weight excluding hydrogens is 340 g/mol. The van der Waals surface area contributed by atoms with Crippen molar-refractivity contribution in [1.29, 1.82) is 5.26 Å². The Bertz CT molecular complexity index is 891. The number of carbonyl (C=O) groups is 1. The summed E-state index contributed by atoms with van der Waals surface area (Å²) in [4.78, 5) is 18.1. The quantitative estimate of drug-likeness (QED) is 0.848. The van der Waals surface area contributed by atoms with Crippen LogP contribution >= 0.6 is 0 Å². The Morgan fingerprint density at radius 2 is 2.00 bits per heavy atom. The number of hydrogen-bond acceptors (Lipinski definition) is 3. The molecule has 3 heterocycles. The van der Waals surface area contributed by atoms with Crippen LogP contribution in [0.15, 0.2) is 30.3 Å². The largest absolute Gasteiger partial charge is 0.381 e. The minimum Gasteiger partial charge on any atom is -0.381 e. The minimum atomic E-state index is -0.168. The molecule has 1 aromatic heterocycles. The molecule has 1 unspecified atom stereocenters. The van der Waals surface area contributed by atoms with E-state index in [4.69, 9.17) is 4.74 Å². The summed E-state index contributed by atoms with van der Waals surface area (Å²) in [6.45, 7) is 5.98. The number of amides is 2. The van der Waals surface area contributed by atoms with Crippen molar-refractivity contribution in [2.24, 2.45) is 5.41 Å². The van der Waals surface area contributed by atoms with Gasteiger partial charge in [-0.2, -0.15) is 5.26 Å². The first-order chi connectivity index (χ1) is 13.1. The fraction of sp³-hybridized carbons (Fsp3) is 0.429. The molecule has 2 aliphatic rings. The molecule has 6 heteroatoms. The summed E-state index contributed by atoms with van der Waals surface area (Å²) in [5.74, 6) is 0.484. The number of likely N-dealkylation sites (tertiary alicyclic amines) is 1. The van der Waals surface area contributed by atoms with Crippen LogP contribution in [-0.2, 0) is 4.74 Å². The van der Waals surface area contributed by atoms with Crippen LogP contribution in [0.2, 0.25) is 0 Å². The fourth-order valence-electron chi connectivity index (χ4n) is 4.43. The zero-order valence-electron chi connectivity index (χ0n) is 15.7. The lowest BCUT2D eigenvalue weighted by Gasteiger charge is -2.59. The maximum atomic E-state index is 13.0. The maximum Gasteiger partial charge on any atom is 0.323 e. The Kier molecular flexibility index (Phi) is 4.40. The molecule has 2 fully saturated rings. The van der Waals surface area contributed by atoms with Gasteiger partial charge in [0.2, 0.25) is 0 Å². The standard InChI is InChI=1S/C21H24N4O2/c1-14-15(2)23-19(17(14)12-22)24-20(26)25-13-21(8-10-27-11-9-21)18(25)16-6-4-3-5-7-16/h3-7,18,23H,8-11,13H2,1-2H3,(H,24,26). The summed E-state index contributed by atoms with van der Waals surface area (Å²) >= 11 is 0. The van der Waals surface area contributed by atoms with E-state index in [2.05, 4.69) is 28.5 Å². The molecule has 0 radical (unpaired) electrons. The number of aryl methyl sites for hydroxylation is 1. The van der Waals surface area contributed by atoms with Gasteiger partial charge in [0, 0.05) is 30.9 Å². The number of anilines is 1. The molecule has 27 heavy (non-hydrogen) atoms. The van der Waals surface area contributed by atoms with Gasteiger partial charge in [-0.25, -0.2) is 4.79 Å². The van der Waals surface area contributed by atoms with Gasteiger partial charge >= 0.3 is 6.03 Å². The van der Waals surface area contributed by atoms with Gasteiger partial charge < -0.3 is 14.6 Å². The molecule has 4 rings (SSSR count). The Morgan fingerprint density at radius 1 is 1.30 bits per heavy atom. The monoisotopic (exact) mass is 364 g/mol. The van der Waals surface area contributed by atoms with E-state index < -0.39 is 0 Å². The second-order valence-electron chi connectivity index (χ2n) is 7.58. The molecule has 0 saturated carbocycles. The van der Waals surface area contributed by atoms with E-state index in [1.54, 1.807) is 0 Å². The number of benzene rings is 1. The van der Waals surface area contributed by atoms with Crippen molar-refractivity contribution < 1.29 is 9.53 Å². The molecule has 2 amide bonds. The number of nitrogens with zero attached hydrogens (tertiary/aromatic N) is 2. The number of carbonyl (C=O) groups excluding carboxylic acids is 1. The highest BCUT2D eigenvalue weighted by atomic mass is 16.5. The number of ether oxygens (including phenoxy) is 1. The summed E-state index contributed by atoms with van der Waals surface area (Å²) in [6.07, 6.45) is 1.92. The first-order valence-corrected chi connectivity index (χ1v) is 9.35. The average molecular weight is 364 g/mol. The first kappa shape index (κ1) is 17.6. The van der Waals surface area contributed by atoms with Crippen LogP contribution in [0.25, 0.3) is 0 Å². The summed E-state index contributed by atoms with van der Waals surface area (Å²) in [7, 11) is 0. The lowest BCUT2D eigenvalue weighted by atomic mass is 9.64. The molecule has 0 bridgehead atoms. The molecule has 2 aromatic rings. The Balaban J connectivity index is 1.60. The molecule has 1 spiro atoms. The van der Waals surface area contributed by atoms with E-state index >= 15 is 0 Å². The van der Waals surface area contributed by atoms with Gasteiger partial charge in [0.25, 0.3) is 0 Å². The fourth-order valence-corrected chi connectivity index (χ4v) is 4.43. The molecular formula is C21H24N4O2. The van der Waals surface area contributed by atoms with Gasteiger partial charge in [-0.1, -0.05) is 30.3 Å². The molecule has 0 aliphatic carbocycles. The van der Waals surface area contributed by atoms with Crippen LogP contribution in [0.5, 0.6) is 0 Å². The van der Waals surface area contributed by atoms with Gasteiger partial charge in [-0.3, -0.25) is 5.32 Å². The van der Waals surface area contributed by atoms with Crippen molar-refractivity contribution in [2.75, 3.05) is 25.1 Å². The second kappa shape index (κ2) is 6.75. The summed E-state index contributed by atoms with van der Waals surface area (Å²) in [5.41, 5.74) is 3.50. The second-order valence-corrected chi connectivity index (χ2v) is 7.58. The number of urea groups is 1. The first-order valence-electron chi connectivity index (χ1n) is 9.35. The normalized spacial score (nSPS) is 20.8. The van der Waals surface area contributed by atoms with Crippen LogP contribution in [0.1, 0.15) is 41.3 Å². The third-order valence-corrected chi connectivity index (χ3v) is 6.09. The summed E-state index contributed by atoms with van der Waals surface area (Å²) in [5, 5.41) is 12.3. The van der Waals surface area contributed by atoms with Crippen molar-refractivity contribution in [1.82, 2.24) is 9.88 Å². The predicted molar refractivity (Wildman–Crippen MR) is 102 cm³/mol. The van der Waals surface area contributed by atoms with Gasteiger partial charge in [0.05, 0.1) is 11.6 Å². The van der Waals surface area contributed by atoms with Crippen LogP contribution in [-0.4, -0.2) is 35.7 Å². The number of rotatable bonds is 2. The van der Waals surface area contributed by atoms with E-state index in [1.165, 1.54) is 0 Å². The lowest BCUT2D eigenvalue weighted by Crippen LogP contribution is -2.63. The number of aromatic amines is 1. The zero-order chi connectivity index (χ0) is 19.0.